The molecule has 1 aromatic heterocycles. The van der Waals surface area contributed by atoms with Crippen LogP contribution in [0.2, 0.25) is 0 Å². The van der Waals surface area contributed by atoms with Crippen molar-refractivity contribution in [2.45, 2.75) is 52.2 Å². The van der Waals surface area contributed by atoms with Crippen molar-refractivity contribution >= 4 is 34.9 Å². The summed E-state index contributed by atoms with van der Waals surface area (Å²) in [5.74, 6) is -2.43. The molecule has 1 aliphatic rings. The number of fused-ring (bicyclic) bond motifs is 1. The molecular formula is C25H30N2O5S. The van der Waals surface area contributed by atoms with Gasteiger partial charge in [0.1, 0.15) is 6.61 Å². The molecule has 176 valence electrons. The number of hydrogen-bond donors (Lipinski definition) is 2. The molecule has 0 saturated carbocycles. The lowest BCUT2D eigenvalue weighted by molar-refractivity contribution is -0.141. The summed E-state index contributed by atoms with van der Waals surface area (Å²) >= 11 is 1.63. The maximum Gasteiger partial charge on any atom is 0.408 e. The van der Waals surface area contributed by atoms with Gasteiger partial charge in [-0.2, -0.15) is 0 Å². The van der Waals surface area contributed by atoms with Crippen LogP contribution in [0.1, 0.15) is 42.7 Å². The highest BCUT2D eigenvalue weighted by Crippen LogP contribution is 2.24. The highest BCUT2D eigenvalue weighted by atomic mass is 32.1. The Morgan fingerprint density at radius 2 is 1.91 bits per heavy atom. The molecule has 0 radical (unpaired) electrons. The van der Waals surface area contributed by atoms with E-state index in [9.17, 15) is 19.2 Å². The van der Waals surface area contributed by atoms with Crippen LogP contribution in [0.25, 0.3) is 0 Å². The lowest BCUT2D eigenvalue weighted by Crippen LogP contribution is -2.46. The van der Waals surface area contributed by atoms with E-state index in [1.165, 1.54) is 10.4 Å². The third-order valence-electron chi connectivity index (χ3n) is 5.78. The first kappa shape index (κ1) is 24.6. The van der Waals surface area contributed by atoms with Crippen LogP contribution in [0.15, 0.2) is 41.8 Å². The van der Waals surface area contributed by atoms with Crippen molar-refractivity contribution in [1.82, 2.24) is 10.6 Å². The molecule has 2 atom stereocenters. The highest BCUT2D eigenvalue weighted by Gasteiger charge is 2.32. The molecule has 0 fully saturated rings. The van der Waals surface area contributed by atoms with E-state index >= 15 is 0 Å². The maximum atomic E-state index is 13.1. The first-order valence-corrected chi connectivity index (χ1v) is 12.1. The Bertz CT molecular complexity index is 986. The van der Waals surface area contributed by atoms with Crippen LogP contribution in [-0.4, -0.2) is 36.2 Å². The number of rotatable bonds is 7. The summed E-state index contributed by atoms with van der Waals surface area (Å²) in [5, 5.41) is 7.32. The van der Waals surface area contributed by atoms with Gasteiger partial charge in [0.25, 0.3) is 5.91 Å². The van der Waals surface area contributed by atoms with Crippen molar-refractivity contribution in [3.8, 4) is 0 Å². The first-order valence-electron chi connectivity index (χ1n) is 11.2. The van der Waals surface area contributed by atoms with E-state index in [-0.39, 0.29) is 24.7 Å². The molecule has 2 aromatic rings. The standard InChI is InChI=1S/C25H30N2O5S/c1-16(2)22(27-25(31)32-15-17-6-4-3-5-7-17)20(28)14-19-8-9-21-18(11-13-33-21)10-12-26-24(30)23(19)29/h3-7,11,13,16,19,22H,8-10,12,14-15H2,1-2H3,(H,26,30)(H,27,31). The van der Waals surface area contributed by atoms with Crippen LogP contribution in [0.4, 0.5) is 4.79 Å². The van der Waals surface area contributed by atoms with Crippen LogP contribution in [-0.2, 0) is 38.6 Å². The van der Waals surface area contributed by atoms with Crippen LogP contribution < -0.4 is 10.6 Å². The molecule has 1 aliphatic heterocycles. The van der Waals surface area contributed by atoms with Gasteiger partial charge in [-0.05, 0) is 47.8 Å². The summed E-state index contributed by atoms with van der Waals surface area (Å²) < 4.78 is 5.25. The van der Waals surface area contributed by atoms with Gasteiger partial charge in [0.2, 0.25) is 5.78 Å². The third kappa shape index (κ3) is 6.99. The Kier molecular flexibility index (Phi) is 8.77. The Morgan fingerprint density at radius 3 is 2.64 bits per heavy atom. The van der Waals surface area contributed by atoms with Crippen LogP contribution >= 0.6 is 11.3 Å². The molecule has 0 saturated heterocycles. The Balaban J connectivity index is 1.64. The number of ketones is 2. The van der Waals surface area contributed by atoms with Gasteiger partial charge in [-0.25, -0.2) is 4.79 Å². The lowest BCUT2D eigenvalue weighted by Gasteiger charge is -2.23. The fraction of sp³-hybridized carbons (Fsp3) is 0.440. The number of thiophene rings is 1. The Morgan fingerprint density at radius 1 is 1.15 bits per heavy atom. The van der Waals surface area contributed by atoms with Gasteiger partial charge in [-0.3, -0.25) is 14.4 Å². The van der Waals surface area contributed by atoms with Crippen molar-refractivity contribution in [3.05, 3.63) is 57.8 Å². The smallest absolute Gasteiger partial charge is 0.408 e. The molecule has 8 heteroatoms. The number of alkyl carbamates (subject to hydrolysis) is 1. The van der Waals surface area contributed by atoms with Crippen molar-refractivity contribution < 1.29 is 23.9 Å². The summed E-state index contributed by atoms with van der Waals surface area (Å²) in [7, 11) is 0. The second-order valence-corrected chi connectivity index (χ2v) is 9.57. The monoisotopic (exact) mass is 470 g/mol. The summed E-state index contributed by atoms with van der Waals surface area (Å²) in [5.41, 5.74) is 2.01. The van der Waals surface area contributed by atoms with E-state index in [4.69, 9.17) is 4.74 Å². The average Bonchev–Trinajstić information content (AvgIpc) is 3.25. The van der Waals surface area contributed by atoms with Crippen molar-refractivity contribution in [3.63, 3.8) is 0 Å². The fourth-order valence-corrected chi connectivity index (χ4v) is 4.86. The number of carbonyl (C=O) groups is 4. The number of benzene rings is 1. The minimum absolute atomic E-state index is 0.0934. The van der Waals surface area contributed by atoms with Crippen LogP contribution in [0, 0.1) is 11.8 Å². The topological polar surface area (TPSA) is 102 Å². The van der Waals surface area contributed by atoms with Crippen molar-refractivity contribution in [2.75, 3.05) is 6.54 Å². The lowest BCUT2D eigenvalue weighted by atomic mass is 9.86. The molecule has 0 aliphatic carbocycles. The zero-order valence-corrected chi connectivity index (χ0v) is 19.8. The number of ether oxygens (including phenoxy) is 1. The van der Waals surface area contributed by atoms with Crippen molar-refractivity contribution in [2.24, 2.45) is 11.8 Å². The maximum absolute atomic E-state index is 13.1. The third-order valence-corrected chi connectivity index (χ3v) is 6.80. The molecule has 0 bridgehead atoms. The highest BCUT2D eigenvalue weighted by molar-refractivity contribution is 7.10. The second-order valence-electron chi connectivity index (χ2n) is 8.57. The molecule has 33 heavy (non-hydrogen) atoms. The van der Waals surface area contributed by atoms with Gasteiger partial charge < -0.3 is 15.4 Å². The second kappa shape index (κ2) is 11.7. The van der Waals surface area contributed by atoms with Gasteiger partial charge in [0, 0.05) is 23.8 Å². The van der Waals surface area contributed by atoms with E-state index in [2.05, 4.69) is 10.6 Å². The van der Waals surface area contributed by atoms with Crippen molar-refractivity contribution in [1.29, 1.82) is 0 Å². The molecule has 3 rings (SSSR count). The molecule has 2 unspecified atom stereocenters. The van der Waals surface area contributed by atoms with E-state index in [1.807, 2.05) is 55.6 Å². The summed E-state index contributed by atoms with van der Waals surface area (Å²) in [6.07, 6.45) is 0.947. The van der Waals surface area contributed by atoms with Crippen LogP contribution in [0.5, 0.6) is 0 Å². The predicted octanol–water partition coefficient (Wildman–Crippen LogP) is 3.45. The quantitative estimate of drug-likeness (QED) is 0.604. The predicted molar refractivity (Wildman–Crippen MR) is 126 cm³/mol. The van der Waals surface area contributed by atoms with Crippen LogP contribution in [0.3, 0.4) is 0 Å². The minimum Gasteiger partial charge on any atom is -0.445 e. The Hall–Kier alpha value is -3.00. The minimum atomic E-state index is -0.808. The zero-order chi connectivity index (χ0) is 23.8. The van der Waals surface area contributed by atoms with E-state index < -0.39 is 29.7 Å². The van der Waals surface area contributed by atoms with Gasteiger partial charge in [0.05, 0.1) is 6.04 Å². The molecule has 2 amide bonds. The summed E-state index contributed by atoms with van der Waals surface area (Å²) in [4.78, 5) is 51.7. The number of aryl methyl sites for hydroxylation is 1. The molecule has 0 spiro atoms. The first-order chi connectivity index (χ1) is 15.8. The van der Waals surface area contributed by atoms with Gasteiger partial charge >= 0.3 is 6.09 Å². The molecular weight excluding hydrogens is 440 g/mol. The normalized spacial score (nSPS) is 17.6. The molecule has 2 heterocycles. The number of nitrogens with one attached hydrogen (secondary N) is 2. The molecule has 1 aromatic carbocycles. The average molecular weight is 471 g/mol. The zero-order valence-electron chi connectivity index (χ0n) is 19.0. The Labute approximate surface area is 197 Å². The van der Waals surface area contributed by atoms with E-state index in [1.54, 1.807) is 11.3 Å². The number of carbonyl (C=O) groups excluding carboxylic acids is 4. The van der Waals surface area contributed by atoms with E-state index in [0.29, 0.717) is 25.8 Å². The molecule has 2 N–H and O–H groups in total. The summed E-state index contributed by atoms with van der Waals surface area (Å²) in [6.45, 7) is 4.12. The molecule has 7 nitrogen and oxygen atoms in total. The van der Waals surface area contributed by atoms with Gasteiger partial charge in [-0.1, -0.05) is 44.2 Å². The largest absolute Gasteiger partial charge is 0.445 e. The number of Topliss-reactive ketones (excluding diaryl/α,β-unsaturated/α-hetero) is 2. The number of amides is 2. The fourth-order valence-electron chi connectivity index (χ4n) is 3.90. The summed E-state index contributed by atoms with van der Waals surface area (Å²) in [6, 6.07) is 10.5. The van der Waals surface area contributed by atoms with Gasteiger partial charge in [0.15, 0.2) is 5.78 Å². The van der Waals surface area contributed by atoms with Gasteiger partial charge in [-0.15, -0.1) is 11.3 Å². The SMILES string of the molecule is CC(C)C(NC(=O)OCc1ccccc1)C(=O)CC1CCc2sccc2CCNC(=O)C1=O. The van der Waals surface area contributed by atoms with E-state index in [0.717, 1.165) is 5.56 Å². The number of hydrogen-bond acceptors (Lipinski definition) is 6.